The molecule has 0 aliphatic heterocycles. The van der Waals surface area contributed by atoms with Gasteiger partial charge in [-0.1, -0.05) is 10.5 Å². The monoisotopic (exact) mass is 488 g/mol. The zero-order valence-corrected chi connectivity index (χ0v) is 22.8. The quantitative estimate of drug-likeness (QED) is 0.244. The highest BCUT2D eigenvalue weighted by atomic mass is 17.0. The smallest absolute Gasteiger partial charge is 0.284 e. The van der Waals surface area contributed by atoms with Crippen LogP contribution in [0, 0.1) is 0 Å². The van der Waals surface area contributed by atoms with Crippen molar-refractivity contribution in [2.45, 2.75) is 120 Å². The van der Waals surface area contributed by atoms with E-state index in [9.17, 15) is 0 Å². The van der Waals surface area contributed by atoms with Gasteiger partial charge in [-0.25, -0.2) is 19.4 Å². The number of nitrogens with zero attached hydrogens (tertiary/aromatic N) is 6. The van der Waals surface area contributed by atoms with Crippen molar-refractivity contribution >= 4 is 17.8 Å². The van der Waals surface area contributed by atoms with E-state index in [2.05, 4.69) is 15.0 Å². The van der Waals surface area contributed by atoms with E-state index in [1.807, 2.05) is 83.1 Å². The second kappa shape index (κ2) is 14.5. The van der Waals surface area contributed by atoms with E-state index >= 15 is 0 Å². The van der Waals surface area contributed by atoms with Gasteiger partial charge in [0.15, 0.2) is 0 Å². The first-order valence-corrected chi connectivity index (χ1v) is 11.9. The van der Waals surface area contributed by atoms with Crippen molar-refractivity contribution in [3.8, 4) is 0 Å². The van der Waals surface area contributed by atoms with Gasteiger partial charge in [0.25, 0.3) is 17.8 Å². The van der Waals surface area contributed by atoms with Crippen LogP contribution in [0.3, 0.4) is 0 Å². The van der Waals surface area contributed by atoms with Crippen LogP contribution in [0.2, 0.25) is 0 Å². The van der Waals surface area contributed by atoms with E-state index in [4.69, 9.17) is 28.9 Å². The van der Waals surface area contributed by atoms with E-state index in [1.165, 1.54) is 15.5 Å². The summed E-state index contributed by atoms with van der Waals surface area (Å²) in [5.41, 5.74) is 0. The molecule has 1 heterocycles. The largest absolute Gasteiger partial charge is 0.356 e. The summed E-state index contributed by atoms with van der Waals surface area (Å²) >= 11 is 0. The zero-order chi connectivity index (χ0) is 26.0. The second-order valence-electron chi connectivity index (χ2n) is 9.24. The molecule has 0 saturated carbocycles. The summed E-state index contributed by atoms with van der Waals surface area (Å²) in [4.78, 5) is 42.8. The molecule has 0 unspecified atom stereocenters. The summed E-state index contributed by atoms with van der Waals surface area (Å²) in [5, 5.41) is 3.79. The van der Waals surface area contributed by atoms with Crippen LogP contribution in [-0.2, 0) is 28.9 Å². The third-order valence-corrected chi connectivity index (χ3v) is 3.24. The summed E-state index contributed by atoms with van der Waals surface area (Å²) < 4.78 is 5.77. The minimum absolute atomic E-state index is 0.0332. The SMILES string of the molecule is CC(C)OCN(OC(C)C)c1nc(N(OC(C)C)OC(C)C)nc(N(OC(C)C)OC(C)C)n1. The van der Waals surface area contributed by atoms with Crippen LogP contribution < -0.4 is 15.5 Å². The molecule has 0 bridgehead atoms. The van der Waals surface area contributed by atoms with Crippen LogP contribution in [0.15, 0.2) is 0 Å². The van der Waals surface area contributed by atoms with Crippen LogP contribution in [0.25, 0.3) is 0 Å². The van der Waals surface area contributed by atoms with Gasteiger partial charge in [0.2, 0.25) is 0 Å². The van der Waals surface area contributed by atoms with Crippen LogP contribution in [0.1, 0.15) is 83.1 Å². The number of ether oxygens (including phenoxy) is 1. The molecule has 0 atom stereocenters. The average molecular weight is 489 g/mol. The Morgan fingerprint density at radius 1 is 0.471 bits per heavy atom. The number of rotatable bonds is 16. The fourth-order valence-electron chi connectivity index (χ4n) is 2.23. The maximum atomic E-state index is 5.94. The summed E-state index contributed by atoms with van der Waals surface area (Å²) in [6.07, 6.45) is -1.01. The minimum Gasteiger partial charge on any atom is -0.356 e. The lowest BCUT2D eigenvalue weighted by Gasteiger charge is -2.29. The van der Waals surface area contributed by atoms with E-state index in [0.29, 0.717) is 0 Å². The predicted molar refractivity (Wildman–Crippen MR) is 129 cm³/mol. The van der Waals surface area contributed by atoms with Gasteiger partial charge in [0.1, 0.15) is 6.73 Å². The van der Waals surface area contributed by atoms with Gasteiger partial charge in [-0.3, -0.25) is 4.84 Å². The maximum absolute atomic E-state index is 5.94. The molecule has 0 spiro atoms. The molecule has 0 aliphatic rings. The second-order valence-corrected chi connectivity index (χ2v) is 9.24. The molecular formula is C22H44N6O6. The number of hydrogen-bond donors (Lipinski definition) is 0. The van der Waals surface area contributed by atoms with Gasteiger partial charge in [-0.15, -0.1) is 0 Å². The molecule has 0 aliphatic carbocycles. The lowest BCUT2D eigenvalue weighted by atomic mass is 10.5. The number of anilines is 3. The molecule has 0 aromatic carbocycles. The molecule has 198 valence electrons. The lowest BCUT2D eigenvalue weighted by molar-refractivity contribution is -0.139. The van der Waals surface area contributed by atoms with Crippen LogP contribution >= 0.6 is 0 Å². The molecular weight excluding hydrogens is 444 g/mol. The van der Waals surface area contributed by atoms with E-state index in [1.54, 1.807) is 0 Å². The first-order valence-electron chi connectivity index (χ1n) is 11.9. The number of aromatic nitrogens is 3. The van der Waals surface area contributed by atoms with Gasteiger partial charge in [0.05, 0.1) is 36.6 Å². The molecule has 34 heavy (non-hydrogen) atoms. The van der Waals surface area contributed by atoms with Crippen LogP contribution in [0.5, 0.6) is 0 Å². The van der Waals surface area contributed by atoms with Gasteiger partial charge >= 0.3 is 0 Å². The Morgan fingerprint density at radius 3 is 1.09 bits per heavy atom. The van der Waals surface area contributed by atoms with Crippen LogP contribution in [-0.4, -0.2) is 58.3 Å². The normalized spacial score (nSPS) is 12.2. The summed E-state index contributed by atoms with van der Waals surface area (Å²) in [6, 6.07) is 0. The fraction of sp³-hybridized carbons (Fsp3) is 0.864. The molecule has 0 N–H and O–H groups in total. The van der Waals surface area contributed by atoms with Crippen molar-refractivity contribution in [1.29, 1.82) is 0 Å². The Kier molecular flexibility index (Phi) is 12.9. The number of hydroxylamine groups is 1. The molecule has 0 amide bonds. The molecule has 12 nitrogen and oxygen atoms in total. The Morgan fingerprint density at radius 2 is 0.794 bits per heavy atom. The average Bonchev–Trinajstić information content (AvgIpc) is 2.68. The third kappa shape index (κ3) is 11.5. The lowest BCUT2D eigenvalue weighted by Crippen LogP contribution is -2.37. The highest BCUT2D eigenvalue weighted by Gasteiger charge is 2.26. The molecule has 1 rings (SSSR count). The first-order chi connectivity index (χ1) is 15.8. The van der Waals surface area contributed by atoms with Crippen molar-refractivity contribution in [2.24, 2.45) is 0 Å². The zero-order valence-electron chi connectivity index (χ0n) is 22.8. The maximum Gasteiger partial charge on any atom is 0.284 e. The Balaban J connectivity index is 3.62. The third-order valence-electron chi connectivity index (χ3n) is 3.24. The number of hydrogen-bond acceptors (Lipinski definition) is 12. The Hall–Kier alpha value is -1.83. The van der Waals surface area contributed by atoms with Crippen LogP contribution in [0.4, 0.5) is 17.8 Å². The fourth-order valence-corrected chi connectivity index (χ4v) is 2.23. The minimum atomic E-state index is -0.204. The van der Waals surface area contributed by atoms with Gasteiger partial charge in [-0.2, -0.15) is 20.0 Å². The van der Waals surface area contributed by atoms with Crippen molar-refractivity contribution in [2.75, 3.05) is 22.2 Å². The van der Waals surface area contributed by atoms with Gasteiger partial charge in [0, 0.05) is 0 Å². The van der Waals surface area contributed by atoms with Crippen molar-refractivity contribution in [3.05, 3.63) is 0 Å². The highest BCUT2D eigenvalue weighted by Crippen LogP contribution is 2.23. The van der Waals surface area contributed by atoms with Crippen molar-refractivity contribution in [1.82, 2.24) is 15.0 Å². The standard InChI is InChI=1S/C22H44N6O6/c1-14(2)29-13-26(30-15(3)4)20-23-21(27(31-16(5)6)32-17(7)8)25-22(24-20)28(33-18(9)10)34-19(11)12/h14-19H,13H2,1-12H3. The Labute approximate surface area is 204 Å². The predicted octanol–water partition coefficient (Wildman–Crippen LogP) is 4.37. The molecule has 0 fully saturated rings. The van der Waals surface area contributed by atoms with E-state index in [0.717, 1.165) is 0 Å². The van der Waals surface area contributed by atoms with Gasteiger partial charge < -0.3 is 4.74 Å². The highest BCUT2D eigenvalue weighted by molar-refractivity contribution is 5.41. The topological polar surface area (TPSA) is 104 Å². The molecule has 1 aromatic heterocycles. The van der Waals surface area contributed by atoms with Crippen molar-refractivity contribution < 1.29 is 28.9 Å². The molecule has 0 radical (unpaired) electrons. The summed E-state index contributed by atoms with van der Waals surface area (Å²) in [5.74, 6) is 0.354. The molecule has 1 aromatic rings. The summed E-state index contributed by atoms with van der Waals surface area (Å²) in [7, 11) is 0. The molecule has 12 heteroatoms. The van der Waals surface area contributed by atoms with E-state index < -0.39 is 0 Å². The van der Waals surface area contributed by atoms with E-state index in [-0.39, 0.29) is 61.2 Å². The first kappa shape index (κ1) is 30.2. The Bertz CT molecular complexity index is 642. The van der Waals surface area contributed by atoms with Gasteiger partial charge in [-0.05, 0) is 83.1 Å². The summed E-state index contributed by atoms with van der Waals surface area (Å²) in [6.45, 7) is 22.8. The molecule has 0 saturated heterocycles. The van der Waals surface area contributed by atoms with Crippen molar-refractivity contribution in [3.63, 3.8) is 0 Å².